The molecule has 27 heavy (non-hydrogen) atoms. The molecule has 0 saturated carbocycles. The highest BCUT2D eigenvalue weighted by molar-refractivity contribution is 5.98. The maximum absolute atomic E-state index is 12.6. The molecule has 144 valence electrons. The zero-order valence-electron chi connectivity index (χ0n) is 15.5. The Morgan fingerprint density at radius 1 is 1.30 bits per heavy atom. The first kappa shape index (κ1) is 18.9. The number of likely N-dealkylation sites (N-methyl/N-ethyl adjacent to an activating group) is 1. The highest BCUT2D eigenvalue weighted by Gasteiger charge is 2.39. The molecule has 1 saturated heterocycles. The summed E-state index contributed by atoms with van der Waals surface area (Å²) in [5.74, 6) is -0.711. The smallest absolute Gasteiger partial charge is 0.251 e. The normalized spacial score (nSPS) is 19.3. The quantitative estimate of drug-likeness (QED) is 0.693. The average Bonchev–Trinajstić information content (AvgIpc) is 3.28. The van der Waals surface area contributed by atoms with E-state index in [-0.39, 0.29) is 36.9 Å². The lowest BCUT2D eigenvalue weighted by Gasteiger charge is -2.23. The van der Waals surface area contributed by atoms with Crippen LogP contribution in [0, 0.1) is 0 Å². The van der Waals surface area contributed by atoms with Gasteiger partial charge in [-0.3, -0.25) is 14.4 Å². The molecule has 0 spiro atoms. The van der Waals surface area contributed by atoms with Gasteiger partial charge in [0, 0.05) is 43.5 Å². The highest BCUT2D eigenvalue weighted by Crippen LogP contribution is 2.20. The van der Waals surface area contributed by atoms with Gasteiger partial charge in [-0.05, 0) is 36.9 Å². The molecular formula is C19H24N4O4. The first-order valence-electron chi connectivity index (χ1n) is 8.97. The molecule has 0 radical (unpaired) electrons. The van der Waals surface area contributed by atoms with Crippen LogP contribution in [0.1, 0.15) is 23.7 Å². The molecule has 1 aromatic heterocycles. The summed E-state index contributed by atoms with van der Waals surface area (Å²) in [4.78, 5) is 41.8. The topological polar surface area (TPSA) is 104 Å². The molecule has 1 fully saturated rings. The number of methoxy groups -OCH3 is 1. The number of aromatic nitrogens is 1. The van der Waals surface area contributed by atoms with Gasteiger partial charge in [-0.25, -0.2) is 0 Å². The summed E-state index contributed by atoms with van der Waals surface area (Å²) in [6, 6.07) is 6.45. The predicted octanol–water partition coefficient (Wildman–Crippen LogP) is 0.650. The van der Waals surface area contributed by atoms with E-state index in [9.17, 15) is 14.4 Å². The number of hydrogen-bond donors (Lipinski definition) is 3. The number of likely N-dealkylation sites (tertiary alicyclic amines) is 1. The maximum Gasteiger partial charge on any atom is 0.251 e. The molecule has 3 amide bonds. The Kier molecular flexibility index (Phi) is 5.75. The Morgan fingerprint density at radius 3 is 2.85 bits per heavy atom. The van der Waals surface area contributed by atoms with Crippen molar-refractivity contribution in [1.82, 2.24) is 20.5 Å². The van der Waals surface area contributed by atoms with Gasteiger partial charge in [-0.1, -0.05) is 6.07 Å². The number of nitrogens with zero attached hydrogens (tertiary/aromatic N) is 1. The number of hydrogen-bond acceptors (Lipinski definition) is 4. The number of ether oxygens (including phenoxy) is 1. The standard InChI is InChI=1S/C19H24N4O4/c1-3-20-19(26)16-9-14(10-23(16)17(24)11-27-2)22-18(25)13-5-4-12-6-7-21-15(12)8-13/h4-8,14,16,21H,3,9-11H2,1-2H3,(H,20,26)(H,22,25)/t14-,16-/m0/s1. The summed E-state index contributed by atoms with van der Waals surface area (Å²) in [7, 11) is 1.44. The van der Waals surface area contributed by atoms with E-state index in [1.54, 1.807) is 12.1 Å². The molecule has 2 heterocycles. The van der Waals surface area contributed by atoms with E-state index < -0.39 is 6.04 Å². The zero-order valence-corrected chi connectivity index (χ0v) is 15.5. The SMILES string of the molecule is CCNC(=O)[C@@H]1C[C@H](NC(=O)c2ccc3cc[nH]c3c2)CN1C(=O)COC. The molecule has 0 bridgehead atoms. The minimum absolute atomic E-state index is 0.0972. The Hall–Kier alpha value is -2.87. The fraction of sp³-hybridized carbons (Fsp3) is 0.421. The second-order valence-electron chi connectivity index (χ2n) is 6.58. The number of aromatic amines is 1. The molecule has 2 aromatic rings. The first-order valence-corrected chi connectivity index (χ1v) is 8.97. The lowest BCUT2D eigenvalue weighted by molar-refractivity contribution is -0.141. The van der Waals surface area contributed by atoms with Crippen molar-refractivity contribution in [2.45, 2.75) is 25.4 Å². The molecule has 3 rings (SSSR count). The van der Waals surface area contributed by atoms with Crippen molar-refractivity contribution >= 4 is 28.6 Å². The van der Waals surface area contributed by atoms with Crippen LogP contribution < -0.4 is 10.6 Å². The maximum atomic E-state index is 12.6. The number of fused-ring (bicyclic) bond motifs is 1. The van der Waals surface area contributed by atoms with Gasteiger partial charge in [0.05, 0.1) is 0 Å². The molecule has 0 unspecified atom stereocenters. The van der Waals surface area contributed by atoms with Crippen LogP contribution in [0.25, 0.3) is 10.9 Å². The third kappa shape index (κ3) is 4.11. The fourth-order valence-electron chi connectivity index (χ4n) is 3.42. The van der Waals surface area contributed by atoms with Gasteiger partial charge >= 0.3 is 0 Å². The van der Waals surface area contributed by atoms with E-state index in [1.165, 1.54) is 12.0 Å². The number of benzene rings is 1. The first-order chi connectivity index (χ1) is 13.0. The summed E-state index contributed by atoms with van der Waals surface area (Å²) in [5, 5.41) is 6.71. The Balaban J connectivity index is 1.71. The predicted molar refractivity (Wildman–Crippen MR) is 100 cm³/mol. The lowest BCUT2D eigenvalue weighted by Crippen LogP contribution is -2.47. The Labute approximate surface area is 157 Å². The molecule has 2 atom stereocenters. The summed E-state index contributed by atoms with van der Waals surface area (Å²) in [6.07, 6.45) is 2.19. The highest BCUT2D eigenvalue weighted by atomic mass is 16.5. The van der Waals surface area contributed by atoms with Crippen LogP contribution in [-0.4, -0.2) is 66.5 Å². The van der Waals surface area contributed by atoms with Crippen molar-refractivity contribution in [2.75, 3.05) is 26.8 Å². The number of carbonyl (C=O) groups excluding carboxylic acids is 3. The van der Waals surface area contributed by atoms with Crippen LogP contribution >= 0.6 is 0 Å². The van der Waals surface area contributed by atoms with Gasteiger partial charge in [0.15, 0.2) is 0 Å². The minimum atomic E-state index is -0.608. The minimum Gasteiger partial charge on any atom is -0.375 e. The molecule has 0 aliphatic carbocycles. The average molecular weight is 372 g/mol. The van der Waals surface area contributed by atoms with Crippen molar-refractivity contribution in [3.8, 4) is 0 Å². The van der Waals surface area contributed by atoms with Crippen molar-refractivity contribution in [2.24, 2.45) is 0 Å². The number of amides is 3. The number of carbonyl (C=O) groups is 3. The van der Waals surface area contributed by atoms with Crippen LogP contribution in [0.3, 0.4) is 0 Å². The van der Waals surface area contributed by atoms with Crippen LogP contribution in [0.5, 0.6) is 0 Å². The fourth-order valence-corrected chi connectivity index (χ4v) is 3.42. The van der Waals surface area contributed by atoms with Gasteiger partial charge in [0.1, 0.15) is 12.6 Å². The summed E-state index contributed by atoms with van der Waals surface area (Å²) < 4.78 is 4.91. The summed E-state index contributed by atoms with van der Waals surface area (Å²) >= 11 is 0. The molecule has 1 aliphatic heterocycles. The molecule has 8 heteroatoms. The third-order valence-corrected chi connectivity index (χ3v) is 4.70. The van der Waals surface area contributed by atoms with E-state index in [0.717, 1.165) is 10.9 Å². The lowest BCUT2D eigenvalue weighted by atomic mass is 10.1. The van der Waals surface area contributed by atoms with Gasteiger partial charge in [0.2, 0.25) is 11.8 Å². The Morgan fingerprint density at radius 2 is 2.11 bits per heavy atom. The van der Waals surface area contributed by atoms with E-state index in [1.807, 2.05) is 25.3 Å². The van der Waals surface area contributed by atoms with Crippen molar-refractivity contribution in [3.05, 3.63) is 36.0 Å². The van der Waals surface area contributed by atoms with Crippen LogP contribution in [0.4, 0.5) is 0 Å². The number of nitrogens with one attached hydrogen (secondary N) is 3. The van der Waals surface area contributed by atoms with Crippen molar-refractivity contribution in [3.63, 3.8) is 0 Å². The number of rotatable bonds is 6. The van der Waals surface area contributed by atoms with E-state index in [4.69, 9.17) is 4.74 Å². The van der Waals surface area contributed by atoms with Gasteiger partial charge in [-0.15, -0.1) is 0 Å². The van der Waals surface area contributed by atoms with E-state index in [2.05, 4.69) is 15.6 Å². The van der Waals surface area contributed by atoms with Gasteiger partial charge < -0.3 is 25.3 Å². The van der Waals surface area contributed by atoms with Gasteiger partial charge in [-0.2, -0.15) is 0 Å². The van der Waals surface area contributed by atoms with Crippen molar-refractivity contribution in [1.29, 1.82) is 0 Å². The Bertz CT molecular complexity index is 821. The molecular weight excluding hydrogens is 348 g/mol. The number of H-pyrrole nitrogens is 1. The van der Waals surface area contributed by atoms with Crippen LogP contribution in [-0.2, 0) is 14.3 Å². The monoisotopic (exact) mass is 372 g/mol. The second-order valence-corrected chi connectivity index (χ2v) is 6.58. The van der Waals surface area contributed by atoms with Crippen LogP contribution in [0.2, 0.25) is 0 Å². The van der Waals surface area contributed by atoms with Crippen LogP contribution in [0.15, 0.2) is 30.5 Å². The van der Waals surface area contributed by atoms with Gasteiger partial charge in [0.25, 0.3) is 5.91 Å². The largest absolute Gasteiger partial charge is 0.375 e. The molecule has 8 nitrogen and oxygen atoms in total. The van der Waals surface area contributed by atoms with E-state index >= 15 is 0 Å². The second kappa shape index (κ2) is 8.22. The van der Waals surface area contributed by atoms with Crippen molar-refractivity contribution < 1.29 is 19.1 Å². The third-order valence-electron chi connectivity index (χ3n) is 4.70. The molecule has 3 N–H and O–H groups in total. The van der Waals surface area contributed by atoms with E-state index in [0.29, 0.717) is 18.5 Å². The zero-order chi connectivity index (χ0) is 19.4. The summed E-state index contributed by atoms with van der Waals surface area (Å²) in [5.41, 5.74) is 1.41. The molecule has 1 aliphatic rings. The summed E-state index contributed by atoms with van der Waals surface area (Å²) in [6.45, 7) is 2.49. The molecule has 1 aromatic carbocycles.